The van der Waals surface area contributed by atoms with E-state index in [0.29, 0.717) is 6.42 Å². The number of carbonyl (C=O) groups is 1. The van der Waals surface area contributed by atoms with Crippen molar-refractivity contribution in [3.8, 4) is 0 Å². The number of rotatable bonds is 2. The van der Waals surface area contributed by atoms with Gasteiger partial charge >= 0.3 is 0 Å². The molecule has 0 aliphatic carbocycles. The highest BCUT2D eigenvalue weighted by Crippen LogP contribution is 1.84. The summed E-state index contributed by atoms with van der Waals surface area (Å²) in [6.07, 6.45) is -0.560. The minimum Gasteiger partial charge on any atom is -0.383 e. The lowest BCUT2D eigenvalue weighted by molar-refractivity contribution is -0.126. The maximum absolute atomic E-state index is 9.90. The van der Waals surface area contributed by atoms with Gasteiger partial charge in [-0.25, -0.2) is 0 Å². The van der Waals surface area contributed by atoms with Gasteiger partial charge in [0.15, 0.2) is 0 Å². The van der Waals surface area contributed by atoms with E-state index < -0.39 is 12.0 Å². The second kappa shape index (κ2) is 2.58. The number of aliphatic hydroxyl groups is 1. The lowest BCUT2D eigenvalue weighted by Crippen LogP contribution is -2.26. The fraction of sp³-hybridized carbons (Fsp3) is 0.750. The average molecular weight is 103 g/mol. The number of primary amides is 1. The summed E-state index contributed by atoms with van der Waals surface area (Å²) < 4.78 is 0. The van der Waals surface area contributed by atoms with Crippen molar-refractivity contribution in [2.24, 2.45) is 5.73 Å². The Morgan fingerprint density at radius 1 is 2.00 bits per heavy atom. The van der Waals surface area contributed by atoms with Crippen LogP contribution in [0, 0.1) is 0 Å². The molecular formula is C4H9NO2. The van der Waals surface area contributed by atoms with Gasteiger partial charge in [0.05, 0.1) is 0 Å². The van der Waals surface area contributed by atoms with Gasteiger partial charge in [0.1, 0.15) is 6.10 Å². The van der Waals surface area contributed by atoms with Gasteiger partial charge in [-0.05, 0) is 6.42 Å². The fourth-order valence-corrected chi connectivity index (χ4v) is 0.201. The van der Waals surface area contributed by atoms with Crippen LogP contribution in [-0.2, 0) is 4.79 Å². The molecule has 1 atom stereocenters. The molecule has 0 radical (unpaired) electrons. The van der Waals surface area contributed by atoms with Crippen LogP contribution in [0.15, 0.2) is 0 Å². The molecule has 0 aromatic carbocycles. The Morgan fingerprint density at radius 3 is 2.43 bits per heavy atom. The highest BCUT2D eigenvalue weighted by Gasteiger charge is 2.04. The van der Waals surface area contributed by atoms with Gasteiger partial charge in [0.2, 0.25) is 5.91 Å². The van der Waals surface area contributed by atoms with Crippen molar-refractivity contribution in [3.63, 3.8) is 0 Å². The minimum absolute atomic E-state index is 0.398. The van der Waals surface area contributed by atoms with Crippen molar-refractivity contribution in [1.82, 2.24) is 0 Å². The summed E-state index contributed by atoms with van der Waals surface area (Å²) in [6.45, 7) is 1.69. The highest BCUT2D eigenvalue weighted by atomic mass is 16.3. The molecule has 0 aromatic heterocycles. The third kappa shape index (κ3) is 2.17. The molecule has 0 rings (SSSR count). The smallest absolute Gasteiger partial charge is 0.246 e. The number of amides is 1. The van der Waals surface area contributed by atoms with Gasteiger partial charge in [0, 0.05) is 0 Å². The number of nitrogens with two attached hydrogens (primary N) is 1. The largest absolute Gasteiger partial charge is 0.383 e. The van der Waals surface area contributed by atoms with E-state index >= 15 is 0 Å². The van der Waals surface area contributed by atoms with Crippen molar-refractivity contribution < 1.29 is 9.90 Å². The van der Waals surface area contributed by atoms with E-state index in [9.17, 15) is 4.79 Å². The van der Waals surface area contributed by atoms with Gasteiger partial charge in [-0.1, -0.05) is 6.92 Å². The molecule has 0 heterocycles. The molecule has 3 heteroatoms. The van der Waals surface area contributed by atoms with Crippen molar-refractivity contribution in [2.45, 2.75) is 19.4 Å². The van der Waals surface area contributed by atoms with Crippen LogP contribution in [-0.4, -0.2) is 17.1 Å². The van der Waals surface area contributed by atoms with Crippen LogP contribution in [0.1, 0.15) is 13.3 Å². The lowest BCUT2D eigenvalue weighted by atomic mass is 10.3. The Morgan fingerprint density at radius 2 is 2.43 bits per heavy atom. The maximum Gasteiger partial charge on any atom is 0.246 e. The van der Waals surface area contributed by atoms with Crippen LogP contribution in [0.5, 0.6) is 0 Å². The highest BCUT2D eigenvalue weighted by molar-refractivity contribution is 5.78. The number of aliphatic hydroxyl groups excluding tert-OH is 1. The summed E-state index contributed by atoms with van der Waals surface area (Å²) in [5.74, 6) is -0.650. The topological polar surface area (TPSA) is 63.3 Å². The molecule has 3 nitrogen and oxygen atoms in total. The van der Waals surface area contributed by atoms with Crippen LogP contribution < -0.4 is 5.73 Å². The van der Waals surface area contributed by atoms with Crippen LogP contribution >= 0.6 is 0 Å². The Hall–Kier alpha value is -0.570. The Kier molecular flexibility index (Phi) is 2.37. The first-order chi connectivity index (χ1) is 3.18. The van der Waals surface area contributed by atoms with Gasteiger partial charge in [-0.15, -0.1) is 0 Å². The normalized spacial score (nSPS) is 13.4. The van der Waals surface area contributed by atoms with Crippen LogP contribution in [0.2, 0.25) is 0 Å². The van der Waals surface area contributed by atoms with Crippen molar-refractivity contribution in [1.29, 1.82) is 0 Å². The molecule has 0 unspecified atom stereocenters. The quantitative estimate of drug-likeness (QED) is 0.482. The van der Waals surface area contributed by atoms with E-state index in [4.69, 9.17) is 5.11 Å². The van der Waals surface area contributed by atoms with E-state index in [1.807, 2.05) is 0 Å². The van der Waals surface area contributed by atoms with Gasteiger partial charge in [-0.2, -0.15) is 0 Å². The SMILES string of the molecule is CC[C@H](O)C(N)=O. The van der Waals surface area contributed by atoms with Crippen LogP contribution in [0.25, 0.3) is 0 Å². The summed E-state index contributed by atoms with van der Waals surface area (Å²) >= 11 is 0. The molecule has 0 spiro atoms. The van der Waals surface area contributed by atoms with E-state index in [1.165, 1.54) is 0 Å². The molecule has 42 valence electrons. The monoisotopic (exact) mass is 103 g/mol. The van der Waals surface area contributed by atoms with Crippen LogP contribution in [0.3, 0.4) is 0 Å². The first kappa shape index (κ1) is 6.43. The number of carbonyl (C=O) groups excluding carboxylic acids is 1. The first-order valence-electron chi connectivity index (χ1n) is 2.16. The number of hydrogen-bond donors (Lipinski definition) is 2. The lowest BCUT2D eigenvalue weighted by Gasteiger charge is -1.97. The third-order valence-corrected chi connectivity index (χ3v) is 0.715. The van der Waals surface area contributed by atoms with Gasteiger partial charge in [-0.3, -0.25) is 4.79 Å². The van der Waals surface area contributed by atoms with E-state index in [1.54, 1.807) is 6.92 Å². The van der Waals surface area contributed by atoms with Crippen molar-refractivity contribution in [3.05, 3.63) is 0 Å². The molecule has 0 aliphatic heterocycles. The summed E-state index contributed by atoms with van der Waals surface area (Å²) in [4.78, 5) is 9.90. The average Bonchev–Trinajstić information content (AvgIpc) is 1.65. The Bertz CT molecular complexity index is 72.1. The Balaban J connectivity index is 3.34. The third-order valence-electron chi connectivity index (χ3n) is 0.715. The molecule has 0 aliphatic rings. The van der Waals surface area contributed by atoms with Crippen molar-refractivity contribution >= 4 is 5.91 Å². The summed E-state index contributed by atoms with van der Waals surface area (Å²) in [7, 11) is 0. The predicted molar refractivity (Wildman–Crippen MR) is 25.5 cm³/mol. The molecule has 1 amide bonds. The maximum atomic E-state index is 9.90. The molecule has 3 N–H and O–H groups in total. The molecule has 0 saturated heterocycles. The summed E-state index contributed by atoms with van der Waals surface area (Å²) in [6, 6.07) is 0. The molecule has 0 fully saturated rings. The molecule has 7 heavy (non-hydrogen) atoms. The minimum atomic E-state index is -0.958. The second-order valence-corrected chi connectivity index (χ2v) is 1.33. The Labute approximate surface area is 42.1 Å². The fourth-order valence-electron chi connectivity index (χ4n) is 0.201. The molecule has 0 saturated carbocycles. The molecule has 0 bridgehead atoms. The second-order valence-electron chi connectivity index (χ2n) is 1.33. The zero-order valence-electron chi connectivity index (χ0n) is 4.22. The van der Waals surface area contributed by atoms with Gasteiger partial charge < -0.3 is 10.8 Å². The summed E-state index contributed by atoms with van der Waals surface area (Å²) in [5, 5.41) is 8.46. The van der Waals surface area contributed by atoms with Crippen LogP contribution in [0.4, 0.5) is 0 Å². The van der Waals surface area contributed by atoms with E-state index in [2.05, 4.69) is 5.73 Å². The zero-order valence-corrected chi connectivity index (χ0v) is 4.22. The zero-order chi connectivity index (χ0) is 5.86. The van der Waals surface area contributed by atoms with E-state index in [0.717, 1.165) is 0 Å². The van der Waals surface area contributed by atoms with E-state index in [-0.39, 0.29) is 0 Å². The molecular weight excluding hydrogens is 94.0 g/mol. The summed E-state index contributed by atoms with van der Waals surface area (Å²) in [5.41, 5.74) is 4.66. The predicted octanol–water partition coefficient (Wildman–Crippen LogP) is -0.757. The first-order valence-corrected chi connectivity index (χ1v) is 2.16. The molecule has 0 aromatic rings. The number of hydrogen-bond acceptors (Lipinski definition) is 2. The van der Waals surface area contributed by atoms with Gasteiger partial charge in [0.25, 0.3) is 0 Å². The van der Waals surface area contributed by atoms with Crippen molar-refractivity contribution in [2.75, 3.05) is 0 Å². The standard InChI is InChI=1S/C4H9NO2/c1-2-3(6)4(5)7/h3,6H,2H2,1H3,(H2,5,7)/t3-/m0/s1.